The van der Waals surface area contributed by atoms with E-state index in [2.05, 4.69) is 72.9 Å². The van der Waals surface area contributed by atoms with Crippen molar-refractivity contribution in [2.45, 2.75) is 113 Å². The van der Waals surface area contributed by atoms with Crippen LogP contribution in [0.1, 0.15) is 118 Å². The predicted octanol–water partition coefficient (Wildman–Crippen LogP) is 9.93. The molecule has 4 aliphatic rings. The lowest BCUT2D eigenvalue weighted by atomic mass is 9.59. The van der Waals surface area contributed by atoms with Gasteiger partial charge in [0.15, 0.2) is 0 Å². The number of ether oxygens (including phenoxy) is 1. The zero-order valence-corrected chi connectivity index (χ0v) is 39.2. The van der Waals surface area contributed by atoms with Crippen molar-refractivity contribution in [3.05, 3.63) is 112 Å². The summed E-state index contributed by atoms with van der Waals surface area (Å²) in [6.45, 7) is 9.62. The average molecular weight is 929 g/mol. The number of likely N-dealkylation sites (tertiary alicyclic amines) is 1. The first kappa shape index (κ1) is 44.8. The fraction of sp³-hybridized carbons (Fsp3) is 0.451. The fourth-order valence-electron chi connectivity index (χ4n) is 11.5. The van der Waals surface area contributed by atoms with Crippen LogP contribution in [0, 0.1) is 21.4 Å². The Bertz CT molecular complexity index is 2940. The second kappa shape index (κ2) is 17.6. The first-order valence-corrected chi connectivity index (χ1v) is 25.3. The number of nitro benzene ring substituents is 1. The number of aliphatic hydroxyl groups is 1. The van der Waals surface area contributed by atoms with Gasteiger partial charge in [0.05, 0.1) is 27.8 Å². The summed E-state index contributed by atoms with van der Waals surface area (Å²) in [5.41, 5.74) is 3.97. The number of sulfonamides is 1. The number of aromatic nitrogens is 3. The van der Waals surface area contributed by atoms with Crippen LogP contribution in [0.3, 0.4) is 0 Å². The number of nitrogens with zero attached hydrogens (tertiary/aromatic N) is 4. The Morgan fingerprint density at radius 2 is 1.75 bits per heavy atom. The fourth-order valence-corrected chi connectivity index (χ4v) is 12.7. The number of amides is 1. The summed E-state index contributed by atoms with van der Waals surface area (Å²) in [6.07, 6.45) is 14.5. The van der Waals surface area contributed by atoms with Crippen LogP contribution in [-0.4, -0.2) is 82.0 Å². The third-order valence-corrected chi connectivity index (χ3v) is 16.7. The third kappa shape index (κ3) is 8.86. The van der Waals surface area contributed by atoms with Gasteiger partial charge in [-0.05, 0) is 136 Å². The molecule has 1 amide bonds. The lowest BCUT2D eigenvalue weighted by Gasteiger charge is -2.56. The number of H-pyrrole nitrogens is 2. The Balaban J connectivity index is 0.871. The van der Waals surface area contributed by atoms with Crippen molar-refractivity contribution in [2.75, 3.05) is 36.4 Å². The minimum absolute atomic E-state index is 0.0272. The van der Waals surface area contributed by atoms with E-state index in [0.29, 0.717) is 54.2 Å². The predicted molar refractivity (Wildman–Crippen MR) is 259 cm³/mol. The molecule has 2 saturated carbocycles. The molecule has 5 heterocycles. The maximum atomic E-state index is 14.2. The number of benzene rings is 3. The van der Waals surface area contributed by atoms with Crippen LogP contribution >= 0.6 is 0 Å². The van der Waals surface area contributed by atoms with Gasteiger partial charge in [-0.2, -0.15) is 0 Å². The number of hydrogen-bond acceptors (Lipinski definition) is 11. The highest BCUT2D eigenvalue weighted by Gasteiger charge is 2.50. The summed E-state index contributed by atoms with van der Waals surface area (Å²) in [5, 5.41) is 27.1. The van der Waals surface area contributed by atoms with Crippen LogP contribution < -0.4 is 19.7 Å². The van der Waals surface area contributed by atoms with Crippen LogP contribution in [0.4, 0.5) is 17.1 Å². The first-order chi connectivity index (χ1) is 32.2. The molecule has 352 valence electrons. The summed E-state index contributed by atoms with van der Waals surface area (Å²) in [4.78, 5) is 41.3. The lowest BCUT2D eigenvalue weighted by molar-refractivity contribution is -0.384. The Morgan fingerprint density at radius 1 is 0.985 bits per heavy atom. The highest BCUT2D eigenvalue weighted by atomic mass is 32.2. The molecule has 67 heavy (non-hydrogen) atoms. The van der Waals surface area contributed by atoms with Crippen molar-refractivity contribution in [3.63, 3.8) is 0 Å². The summed E-state index contributed by atoms with van der Waals surface area (Å²) in [7, 11) is -4.68. The zero-order valence-electron chi connectivity index (χ0n) is 38.4. The SMILES string of the molecule is CC(C)c1ccccc1C1CCCN1C1CC2(CCN(c3ccc(C(=O)NS(=O)(=O)c4cc([N+](=O)[O-])c(NCC5CCC(C)(O)CC5)c5[nH]ccc45)c(Oc4cnc5[nH]ccc5c4)c3)CC2)C1. The molecule has 1 atom stereocenters. The summed E-state index contributed by atoms with van der Waals surface area (Å²) < 4.78 is 37.1. The highest BCUT2D eigenvalue weighted by Crippen LogP contribution is 2.54. The van der Waals surface area contributed by atoms with E-state index in [0.717, 1.165) is 62.5 Å². The van der Waals surface area contributed by atoms with Gasteiger partial charge in [-0.25, -0.2) is 18.1 Å². The van der Waals surface area contributed by atoms with E-state index in [1.165, 1.54) is 49.1 Å². The summed E-state index contributed by atoms with van der Waals surface area (Å²) in [5.74, 6) is 0.221. The quantitative estimate of drug-likeness (QED) is 0.0546. The molecule has 3 aromatic carbocycles. The van der Waals surface area contributed by atoms with Gasteiger partial charge >= 0.3 is 0 Å². The number of nitrogens with one attached hydrogen (secondary N) is 4. The maximum absolute atomic E-state index is 14.2. The zero-order chi connectivity index (χ0) is 46.7. The molecule has 2 saturated heterocycles. The highest BCUT2D eigenvalue weighted by molar-refractivity contribution is 7.90. The topological polar surface area (TPSA) is 199 Å². The van der Waals surface area contributed by atoms with Crippen LogP contribution in [0.15, 0.2) is 90.2 Å². The van der Waals surface area contributed by atoms with Crippen LogP contribution in [0.5, 0.6) is 11.5 Å². The van der Waals surface area contributed by atoms with E-state index in [-0.39, 0.29) is 33.8 Å². The second-order valence-corrected chi connectivity index (χ2v) is 21.8. The minimum Gasteiger partial charge on any atom is -0.455 e. The molecule has 2 aliphatic heterocycles. The average Bonchev–Trinajstić information content (AvgIpc) is 4.09. The van der Waals surface area contributed by atoms with Crippen LogP contribution in [0.25, 0.3) is 21.9 Å². The normalized spacial score (nSPS) is 22.4. The molecule has 0 radical (unpaired) electrons. The van der Waals surface area contributed by atoms with Crippen molar-refractivity contribution in [2.24, 2.45) is 11.3 Å². The van der Waals surface area contributed by atoms with Crippen molar-refractivity contribution < 1.29 is 28.0 Å². The van der Waals surface area contributed by atoms with Gasteiger partial charge in [-0.15, -0.1) is 0 Å². The monoisotopic (exact) mass is 928 g/mol. The van der Waals surface area contributed by atoms with Gasteiger partial charge < -0.3 is 30.0 Å². The van der Waals surface area contributed by atoms with Gasteiger partial charge in [-0.1, -0.05) is 38.1 Å². The van der Waals surface area contributed by atoms with E-state index >= 15 is 0 Å². The molecule has 6 aromatic rings. The summed E-state index contributed by atoms with van der Waals surface area (Å²) >= 11 is 0. The number of pyridine rings is 1. The number of carbonyl (C=O) groups excluding carboxylic acids is 1. The van der Waals surface area contributed by atoms with E-state index in [9.17, 15) is 28.4 Å². The Kier molecular flexibility index (Phi) is 11.8. The number of rotatable bonds is 13. The molecule has 1 spiro atoms. The number of fused-ring (bicyclic) bond motifs is 2. The first-order valence-electron chi connectivity index (χ1n) is 23.8. The number of nitro groups is 1. The van der Waals surface area contributed by atoms with Gasteiger partial charge in [-0.3, -0.25) is 19.8 Å². The molecule has 15 nitrogen and oxygen atoms in total. The largest absolute Gasteiger partial charge is 0.455 e. The molecular formula is C51H60N8O7S. The standard InChI is InChI=1S/C51H60N8O7S/c1-32(2)38-7-4-5-8-39(38)42-9-6-22-58(42)36-28-51(29-36)18-23-57(24-19-51)35-10-11-40(44(26-35)66-37-25-34-14-20-53-48(34)55-31-37)49(60)56-67(64,65)45-27-43(59(62)63)47(46-41(45)15-21-52-46)54-30-33-12-16-50(3,61)17-13-33/h4-5,7-8,10-11,14-15,20-21,25-27,31-33,36,42,52,54,61H,6,9,12-13,16-19,22-24,28-30H2,1-3H3,(H,53,55)(H,56,60). The Hall–Kier alpha value is -5.97. The van der Waals surface area contributed by atoms with Crippen molar-refractivity contribution in [3.8, 4) is 11.5 Å². The molecule has 1 unspecified atom stereocenters. The van der Waals surface area contributed by atoms with Gasteiger partial charge in [0.1, 0.15) is 27.7 Å². The molecule has 10 rings (SSSR count). The maximum Gasteiger partial charge on any atom is 0.295 e. The molecule has 2 aliphatic carbocycles. The molecule has 0 bridgehead atoms. The van der Waals surface area contributed by atoms with Crippen molar-refractivity contribution in [1.29, 1.82) is 0 Å². The van der Waals surface area contributed by atoms with E-state index in [1.807, 2.05) is 19.1 Å². The van der Waals surface area contributed by atoms with Crippen LogP contribution in [-0.2, 0) is 10.0 Å². The Morgan fingerprint density at radius 3 is 2.51 bits per heavy atom. The molecular weight excluding hydrogens is 869 g/mol. The summed E-state index contributed by atoms with van der Waals surface area (Å²) in [6, 6.07) is 21.4. The molecule has 5 N–H and O–H groups in total. The van der Waals surface area contributed by atoms with Crippen LogP contribution in [0.2, 0.25) is 0 Å². The number of piperidine rings is 1. The van der Waals surface area contributed by atoms with Crippen molar-refractivity contribution in [1.82, 2.24) is 24.6 Å². The number of aromatic amines is 2. The molecule has 4 fully saturated rings. The van der Waals surface area contributed by atoms with E-state index < -0.39 is 37.0 Å². The van der Waals surface area contributed by atoms with Gasteiger partial charge in [0.2, 0.25) is 0 Å². The number of hydrogen-bond donors (Lipinski definition) is 5. The smallest absolute Gasteiger partial charge is 0.295 e. The van der Waals surface area contributed by atoms with E-state index in [1.54, 1.807) is 30.6 Å². The van der Waals surface area contributed by atoms with Gasteiger partial charge in [0, 0.05) is 72.7 Å². The molecule has 16 heteroatoms. The Labute approximate surface area is 390 Å². The van der Waals surface area contributed by atoms with Crippen molar-refractivity contribution >= 4 is 54.9 Å². The second-order valence-electron chi connectivity index (χ2n) is 20.1. The third-order valence-electron chi connectivity index (χ3n) is 15.3. The number of carbonyl (C=O) groups is 1. The molecule has 3 aromatic heterocycles. The number of anilines is 2. The van der Waals surface area contributed by atoms with Gasteiger partial charge in [0.25, 0.3) is 21.6 Å². The van der Waals surface area contributed by atoms with E-state index in [4.69, 9.17) is 4.74 Å². The lowest BCUT2D eigenvalue weighted by Crippen LogP contribution is -2.54. The minimum atomic E-state index is -4.68.